The van der Waals surface area contributed by atoms with Crippen molar-refractivity contribution in [2.24, 2.45) is 22.4 Å². The molecule has 1 amide bonds. The zero-order chi connectivity index (χ0) is 25.8. The number of aryl methyl sites for hydroxylation is 1. The van der Waals surface area contributed by atoms with Crippen LogP contribution in [0.3, 0.4) is 0 Å². The molecule has 11 heteroatoms. The molecule has 2 aromatic rings. The number of nitrogens with two attached hydrogens (primary N) is 2. The van der Waals surface area contributed by atoms with Crippen LogP contribution < -0.4 is 27.7 Å². The van der Waals surface area contributed by atoms with Crippen molar-refractivity contribution in [3.63, 3.8) is 0 Å². The van der Waals surface area contributed by atoms with Gasteiger partial charge >= 0.3 is 0 Å². The SMILES string of the molecule is NC(N)=NCCC[C@H](NC(=O)Cn1cccc(CCCCC2CCNCC2)c1=O)C(=O)c1nccs1. The smallest absolute Gasteiger partial charge is 0.254 e. The van der Waals surface area contributed by atoms with Crippen molar-refractivity contribution in [3.8, 4) is 0 Å². The number of nitrogens with one attached hydrogen (secondary N) is 2. The Morgan fingerprint density at radius 2 is 2.06 bits per heavy atom. The number of ketones is 1. The van der Waals surface area contributed by atoms with Crippen molar-refractivity contribution >= 4 is 29.0 Å². The van der Waals surface area contributed by atoms with Gasteiger partial charge in [0, 0.05) is 29.9 Å². The van der Waals surface area contributed by atoms with E-state index in [-0.39, 0.29) is 23.8 Å². The second kappa shape index (κ2) is 14.5. The lowest BCUT2D eigenvalue weighted by molar-refractivity contribution is -0.122. The summed E-state index contributed by atoms with van der Waals surface area (Å²) in [6.07, 6.45) is 10.4. The summed E-state index contributed by atoms with van der Waals surface area (Å²) in [7, 11) is 0. The minimum Gasteiger partial charge on any atom is -0.370 e. The van der Waals surface area contributed by atoms with Gasteiger partial charge in [0.05, 0.1) is 6.04 Å². The number of carbonyl (C=O) groups is 2. The van der Waals surface area contributed by atoms with Gasteiger partial charge in [-0.1, -0.05) is 18.9 Å². The average Bonchev–Trinajstić information content (AvgIpc) is 3.41. The first kappa shape index (κ1) is 27.5. The van der Waals surface area contributed by atoms with Gasteiger partial charge in [0.1, 0.15) is 6.54 Å². The molecule has 1 aliphatic rings. The number of unbranched alkanes of at least 4 members (excludes halogenated alkanes) is 1. The second-order valence-electron chi connectivity index (χ2n) is 9.18. The van der Waals surface area contributed by atoms with Crippen LogP contribution in [0.4, 0.5) is 0 Å². The first-order valence-corrected chi connectivity index (χ1v) is 13.5. The van der Waals surface area contributed by atoms with Gasteiger partial charge in [0.15, 0.2) is 11.0 Å². The molecule has 0 aromatic carbocycles. The molecule has 36 heavy (non-hydrogen) atoms. The molecule has 0 radical (unpaired) electrons. The molecule has 0 saturated carbocycles. The van der Waals surface area contributed by atoms with Crippen LogP contribution in [0, 0.1) is 5.92 Å². The summed E-state index contributed by atoms with van der Waals surface area (Å²) in [5.74, 6) is 0.0871. The number of Topliss-reactive ketones (excluding diaryl/α,β-unsaturated/α-hetero) is 1. The van der Waals surface area contributed by atoms with Gasteiger partial charge in [0.2, 0.25) is 11.7 Å². The van der Waals surface area contributed by atoms with Gasteiger partial charge in [-0.05, 0) is 63.6 Å². The Bertz CT molecular complexity index is 1060. The topological polar surface area (TPSA) is 157 Å². The highest BCUT2D eigenvalue weighted by atomic mass is 32.1. The van der Waals surface area contributed by atoms with Crippen LogP contribution in [0.5, 0.6) is 0 Å². The normalized spacial score (nSPS) is 14.8. The summed E-state index contributed by atoms with van der Waals surface area (Å²) in [5.41, 5.74) is 11.3. The molecule has 0 aliphatic carbocycles. The van der Waals surface area contributed by atoms with Crippen molar-refractivity contribution in [3.05, 3.63) is 50.8 Å². The van der Waals surface area contributed by atoms with Crippen LogP contribution in [0.15, 0.2) is 39.7 Å². The maximum atomic E-state index is 12.9. The minimum absolute atomic E-state index is 0.0209. The number of aliphatic imine (C=N–C) groups is 1. The molecule has 1 fully saturated rings. The Labute approximate surface area is 215 Å². The third-order valence-corrected chi connectivity index (χ3v) is 7.21. The fourth-order valence-electron chi connectivity index (χ4n) is 4.48. The zero-order valence-electron chi connectivity index (χ0n) is 20.7. The number of hydrogen-bond donors (Lipinski definition) is 4. The minimum atomic E-state index is -0.772. The predicted octanol–water partition coefficient (Wildman–Crippen LogP) is 1.44. The van der Waals surface area contributed by atoms with E-state index in [1.807, 2.05) is 6.07 Å². The van der Waals surface area contributed by atoms with Crippen LogP contribution in [0.2, 0.25) is 0 Å². The Morgan fingerprint density at radius 1 is 1.25 bits per heavy atom. The summed E-state index contributed by atoms with van der Waals surface area (Å²) >= 11 is 1.22. The average molecular weight is 516 g/mol. The van der Waals surface area contributed by atoms with E-state index >= 15 is 0 Å². The number of rotatable bonds is 14. The van der Waals surface area contributed by atoms with Gasteiger partial charge in [-0.3, -0.25) is 19.4 Å². The zero-order valence-corrected chi connectivity index (χ0v) is 21.5. The molecule has 196 valence electrons. The molecule has 1 saturated heterocycles. The first-order chi connectivity index (χ1) is 17.4. The molecule has 3 rings (SSSR count). The summed E-state index contributed by atoms with van der Waals surface area (Å²) < 4.78 is 1.40. The molecule has 2 aromatic heterocycles. The summed E-state index contributed by atoms with van der Waals surface area (Å²) in [6.45, 7) is 2.39. The van der Waals surface area contributed by atoms with Crippen LogP contribution in [-0.2, 0) is 17.8 Å². The summed E-state index contributed by atoms with van der Waals surface area (Å²) in [4.78, 5) is 46.6. The van der Waals surface area contributed by atoms with Gasteiger partial charge < -0.3 is 26.7 Å². The van der Waals surface area contributed by atoms with E-state index in [1.54, 1.807) is 23.8 Å². The largest absolute Gasteiger partial charge is 0.370 e. The van der Waals surface area contributed by atoms with Gasteiger partial charge in [-0.2, -0.15) is 0 Å². The lowest BCUT2D eigenvalue weighted by Crippen LogP contribution is -2.43. The molecule has 3 heterocycles. The number of carbonyl (C=O) groups excluding carboxylic acids is 2. The van der Waals surface area contributed by atoms with E-state index in [0.717, 1.165) is 31.8 Å². The maximum absolute atomic E-state index is 12.9. The highest BCUT2D eigenvalue weighted by Crippen LogP contribution is 2.19. The fraction of sp³-hybridized carbons (Fsp3) is 0.560. The summed E-state index contributed by atoms with van der Waals surface area (Å²) in [6, 6.07) is 2.86. The van der Waals surface area contributed by atoms with E-state index in [4.69, 9.17) is 11.5 Å². The molecule has 1 atom stereocenters. The van der Waals surface area contributed by atoms with Crippen molar-refractivity contribution < 1.29 is 9.59 Å². The maximum Gasteiger partial charge on any atom is 0.254 e. The van der Waals surface area contributed by atoms with Crippen molar-refractivity contribution in [2.45, 2.75) is 64.0 Å². The molecule has 1 aliphatic heterocycles. The Morgan fingerprint density at radius 3 is 2.78 bits per heavy atom. The van der Waals surface area contributed by atoms with E-state index in [0.29, 0.717) is 36.4 Å². The van der Waals surface area contributed by atoms with Crippen LogP contribution in [0.1, 0.15) is 60.3 Å². The Kier molecular flexibility index (Phi) is 11.1. The lowest BCUT2D eigenvalue weighted by Gasteiger charge is -2.22. The number of thiazole rings is 1. The molecule has 10 nitrogen and oxygen atoms in total. The van der Waals surface area contributed by atoms with Crippen LogP contribution >= 0.6 is 11.3 Å². The van der Waals surface area contributed by atoms with Crippen LogP contribution in [-0.4, -0.2) is 52.9 Å². The third kappa shape index (κ3) is 8.87. The highest BCUT2D eigenvalue weighted by molar-refractivity contribution is 7.11. The number of pyridine rings is 1. The Balaban J connectivity index is 1.55. The van der Waals surface area contributed by atoms with Gasteiger partial charge in [-0.15, -0.1) is 11.3 Å². The molecular weight excluding hydrogens is 478 g/mol. The highest BCUT2D eigenvalue weighted by Gasteiger charge is 2.24. The van der Waals surface area contributed by atoms with E-state index in [1.165, 1.54) is 35.2 Å². The number of hydrogen-bond acceptors (Lipinski definition) is 7. The van der Waals surface area contributed by atoms with E-state index in [2.05, 4.69) is 20.6 Å². The second-order valence-corrected chi connectivity index (χ2v) is 10.1. The molecule has 0 unspecified atom stereocenters. The quantitative estimate of drug-likeness (QED) is 0.128. The summed E-state index contributed by atoms with van der Waals surface area (Å²) in [5, 5.41) is 8.20. The number of nitrogens with zero attached hydrogens (tertiary/aromatic N) is 3. The number of piperidine rings is 1. The number of amides is 1. The van der Waals surface area contributed by atoms with Crippen LogP contribution in [0.25, 0.3) is 0 Å². The monoisotopic (exact) mass is 515 g/mol. The van der Waals surface area contributed by atoms with Crippen molar-refractivity contribution in [2.75, 3.05) is 19.6 Å². The number of guanidine groups is 1. The predicted molar refractivity (Wildman–Crippen MR) is 142 cm³/mol. The Hall–Kier alpha value is -3.05. The molecule has 0 bridgehead atoms. The lowest BCUT2D eigenvalue weighted by atomic mass is 9.92. The van der Waals surface area contributed by atoms with E-state index in [9.17, 15) is 14.4 Å². The fourth-order valence-corrected chi connectivity index (χ4v) is 5.11. The third-order valence-electron chi connectivity index (χ3n) is 6.42. The standard InChI is InChI=1S/C25H37N7O3S/c26-25(27)30-11-3-8-20(22(34)23-29-14-16-36-23)31-21(33)17-32-15-4-7-19(24(32)35)6-2-1-5-18-9-12-28-13-10-18/h4,7,14-16,18,20,28H,1-3,5-6,8-13,17H2,(H,31,33)(H4,26,27,30)/t20-/m0/s1. The molecule has 6 N–H and O–H groups in total. The number of aromatic nitrogens is 2. The molecular formula is C25H37N7O3S. The van der Waals surface area contributed by atoms with Crippen molar-refractivity contribution in [1.82, 2.24) is 20.2 Å². The van der Waals surface area contributed by atoms with E-state index < -0.39 is 11.9 Å². The first-order valence-electron chi connectivity index (χ1n) is 12.6. The van der Waals surface area contributed by atoms with Crippen molar-refractivity contribution in [1.29, 1.82) is 0 Å². The van der Waals surface area contributed by atoms with Gasteiger partial charge in [-0.25, -0.2) is 4.98 Å². The molecule has 0 spiro atoms. The van der Waals surface area contributed by atoms with Gasteiger partial charge in [0.25, 0.3) is 5.56 Å².